The van der Waals surface area contributed by atoms with E-state index in [2.05, 4.69) is 59.4 Å². The van der Waals surface area contributed by atoms with Gasteiger partial charge in [0.15, 0.2) is 0 Å². The van der Waals surface area contributed by atoms with Gasteiger partial charge in [0.1, 0.15) is 0 Å². The van der Waals surface area contributed by atoms with Crippen molar-refractivity contribution in [2.45, 2.75) is 26.3 Å². The number of anilines is 1. The lowest BCUT2D eigenvalue weighted by Crippen LogP contribution is -2.09. The second kappa shape index (κ2) is 6.72. The van der Waals surface area contributed by atoms with Gasteiger partial charge >= 0.3 is 0 Å². The lowest BCUT2D eigenvalue weighted by Gasteiger charge is -2.19. The molecule has 0 spiro atoms. The van der Waals surface area contributed by atoms with Crippen LogP contribution in [0.4, 0.5) is 11.4 Å². The molecular weight excluding hydrogens is 332 g/mol. The average Bonchev–Trinajstić information content (AvgIpc) is 2.47. The second-order valence-electron chi connectivity index (χ2n) is 4.94. The zero-order valence-electron chi connectivity index (χ0n) is 12.0. The highest BCUT2D eigenvalue weighted by atomic mass is 79.9. The van der Waals surface area contributed by atoms with E-state index in [9.17, 15) is 10.1 Å². The van der Waals surface area contributed by atoms with Gasteiger partial charge in [-0.05, 0) is 47.0 Å². The van der Waals surface area contributed by atoms with Crippen molar-refractivity contribution in [3.63, 3.8) is 0 Å². The van der Waals surface area contributed by atoms with E-state index in [4.69, 9.17) is 0 Å². The minimum atomic E-state index is -0.387. The van der Waals surface area contributed by atoms with Crippen LogP contribution in [0.5, 0.6) is 0 Å². The van der Waals surface area contributed by atoms with E-state index in [1.807, 2.05) is 6.07 Å². The van der Waals surface area contributed by atoms with Crippen molar-refractivity contribution < 1.29 is 4.92 Å². The van der Waals surface area contributed by atoms with Crippen LogP contribution in [-0.2, 0) is 0 Å². The molecule has 1 unspecified atom stereocenters. The first-order chi connectivity index (χ1) is 10.0. The Hall–Kier alpha value is -1.88. The van der Waals surface area contributed by atoms with E-state index in [0.717, 1.165) is 12.1 Å². The molecule has 0 fully saturated rings. The van der Waals surface area contributed by atoms with Crippen molar-refractivity contribution in [3.05, 3.63) is 68.2 Å². The van der Waals surface area contributed by atoms with Gasteiger partial charge in [-0.2, -0.15) is 0 Å². The average molecular weight is 349 g/mol. The van der Waals surface area contributed by atoms with Crippen molar-refractivity contribution in [3.8, 4) is 0 Å². The molecule has 0 radical (unpaired) electrons. The van der Waals surface area contributed by atoms with Gasteiger partial charge in [-0.3, -0.25) is 10.1 Å². The maximum absolute atomic E-state index is 11.0. The zero-order valence-corrected chi connectivity index (χ0v) is 13.6. The molecule has 0 aliphatic heterocycles. The van der Waals surface area contributed by atoms with Crippen LogP contribution in [0.3, 0.4) is 0 Å². The summed E-state index contributed by atoms with van der Waals surface area (Å²) in [6, 6.07) is 13.5. The molecule has 2 rings (SSSR count). The van der Waals surface area contributed by atoms with Crippen LogP contribution in [0.25, 0.3) is 0 Å². The Balaban J connectivity index is 2.24. The van der Waals surface area contributed by atoms with Crippen LogP contribution in [0.1, 0.15) is 30.5 Å². The van der Waals surface area contributed by atoms with Crippen LogP contribution < -0.4 is 5.32 Å². The van der Waals surface area contributed by atoms with Crippen LogP contribution in [-0.4, -0.2) is 4.92 Å². The van der Waals surface area contributed by atoms with Gasteiger partial charge in [0.05, 0.1) is 15.4 Å². The summed E-state index contributed by atoms with van der Waals surface area (Å²) < 4.78 is 0.487. The molecule has 2 aromatic carbocycles. The fourth-order valence-corrected chi connectivity index (χ4v) is 2.55. The highest BCUT2D eigenvalue weighted by Crippen LogP contribution is 2.30. The number of nitrogens with one attached hydrogen (secondary N) is 1. The summed E-state index contributed by atoms with van der Waals surface area (Å²) in [7, 11) is 0. The van der Waals surface area contributed by atoms with Gasteiger partial charge in [-0.1, -0.05) is 36.8 Å². The molecule has 5 heteroatoms. The Morgan fingerprint density at radius 3 is 2.48 bits per heavy atom. The fraction of sp³-hybridized carbons (Fsp3) is 0.250. The van der Waals surface area contributed by atoms with E-state index in [1.165, 1.54) is 11.1 Å². The summed E-state index contributed by atoms with van der Waals surface area (Å²) in [6.07, 6.45) is 0.896. The van der Waals surface area contributed by atoms with Crippen molar-refractivity contribution in [1.29, 1.82) is 0 Å². The number of hydrogen-bond donors (Lipinski definition) is 1. The monoisotopic (exact) mass is 348 g/mol. The molecule has 0 saturated carbocycles. The third kappa shape index (κ3) is 3.82. The van der Waals surface area contributed by atoms with E-state index < -0.39 is 0 Å². The normalized spacial score (nSPS) is 12.0. The number of benzene rings is 2. The minimum absolute atomic E-state index is 0.0683. The SMILES string of the molecule is CCC(Nc1ccc(Br)c([N+](=O)[O-])c1)c1ccc(C)cc1. The van der Waals surface area contributed by atoms with Crippen molar-refractivity contribution in [2.75, 3.05) is 5.32 Å². The zero-order chi connectivity index (χ0) is 15.4. The molecule has 4 nitrogen and oxygen atoms in total. The Bertz CT molecular complexity index is 641. The lowest BCUT2D eigenvalue weighted by molar-refractivity contribution is -0.385. The molecule has 110 valence electrons. The van der Waals surface area contributed by atoms with E-state index in [1.54, 1.807) is 12.1 Å². The Labute approximate surface area is 132 Å². The van der Waals surface area contributed by atoms with E-state index >= 15 is 0 Å². The van der Waals surface area contributed by atoms with Crippen LogP contribution in [0, 0.1) is 17.0 Å². The highest BCUT2D eigenvalue weighted by Gasteiger charge is 2.15. The number of nitro groups is 1. The molecule has 21 heavy (non-hydrogen) atoms. The molecule has 0 bridgehead atoms. The van der Waals surface area contributed by atoms with Crippen LogP contribution in [0.15, 0.2) is 46.9 Å². The molecule has 1 N–H and O–H groups in total. The summed E-state index contributed by atoms with van der Waals surface area (Å²) in [5.74, 6) is 0. The van der Waals surface area contributed by atoms with Crippen LogP contribution >= 0.6 is 15.9 Å². The van der Waals surface area contributed by atoms with Gasteiger partial charge in [0, 0.05) is 11.8 Å². The quantitative estimate of drug-likeness (QED) is 0.594. The number of hydrogen-bond acceptors (Lipinski definition) is 3. The van der Waals surface area contributed by atoms with Gasteiger partial charge in [0.2, 0.25) is 0 Å². The van der Waals surface area contributed by atoms with Crippen molar-refractivity contribution in [2.24, 2.45) is 0 Å². The molecule has 0 aliphatic carbocycles. The first-order valence-electron chi connectivity index (χ1n) is 6.78. The van der Waals surface area contributed by atoms with Crippen LogP contribution in [0.2, 0.25) is 0 Å². The maximum atomic E-state index is 11.0. The molecule has 0 heterocycles. The van der Waals surface area contributed by atoms with Gasteiger partial charge in [-0.15, -0.1) is 0 Å². The standard InChI is InChI=1S/C16H17BrN2O2/c1-3-15(12-6-4-11(2)5-7-12)18-13-8-9-14(17)16(10-13)19(20)21/h4-10,15,18H,3H2,1-2H3. The summed E-state index contributed by atoms with van der Waals surface area (Å²) >= 11 is 3.20. The molecule has 0 aromatic heterocycles. The molecule has 1 atom stereocenters. The molecule has 0 saturated heterocycles. The third-order valence-electron chi connectivity index (χ3n) is 3.37. The largest absolute Gasteiger partial charge is 0.378 e. The van der Waals surface area contributed by atoms with Crippen molar-refractivity contribution in [1.82, 2.24) is 0 Å². The van der Waals surface area contributed by atoms with Gasteiger partial charge < -0.3 is 5.32 Å². The lowest BCUT2D eigenvalue weighted by atomic mass is 10.0. The van der Waals surface area contributed by atoms with Crippen molar-refractivity contribution >= 4 is 27.3 Å². The first-order valence-corrected chi connectivity index (χ1v) is 7.57. The number of nitro benzene ring substituents is 1. The molecule has 0 amide bonds. The number of nitrogens with zero attached hydrogens (tertiary/aromatic N) is 1. The first kappa shape index (κ1) is 15.5. The molecule has 0 aliphatic rings. The predicted molar refractivity (Wildman–Crippen MR) is 88.6 cm³/mol. The number of rotatable bonds is 5. The summed E-state index contributed by atoms with van der Waals surface area (Å²) in [6.45, 7) is 4.14. The van der Waals surface area contributed by atoms with Gasteiger partial charge in [-0.25, -0.2) is 0 Å². The smallest absolute Gasteiger partial charge is 0.285 e. The summed E-state index contributed by atoms with van der Waals surface area (Å²) in [4.78, 5) is 10.6. The fourth-order valence-electron chi connectivity index (χ4n) is 2.16. The Morgan fingerprint density at radius 1 is 1.24 bits per heavy atom. The topological polar surface area (TPSA) is 55.2 Å². The third-order valence-corrected chi connectivity index (χ3v) is 4.04. The Morgan fingerprint density at radius 2 is 1.90 bits per heavy atom. The highest BCUT2D eigenvalue weighted by molar-refractivity contribution is 9.10. The number of halogens is 1. The Kier molecular flexibility index (Phi) is 4.96. The summed E-state index contributed by atoms with van der Waals surface area (Å²) in [5, 5.41) is 14.3. The predicted octanol–water partition coefficient (Wildman–Crippen LogP) is 5.23. The minimum Gasteiger partial charge on any atom is -0.378 e. The van der Waals surface area contributed by atoms with E-state index in [-0.39, 0.29) is 16.7 Å². The van der Waals surface area contributed by atoms with Gasteiger partial charge in [0.25, 0.3) is 5.69 Å². The maximum Gasteiger partial charge on any atom is 0.285 e. The molecule has 2 aromatic rings. The van der Waals surface area contributed by atoms with E-state index in [0.29, 0.717) is 4.47 Å². The molecular formula is C16H17BrN2O2. The summed E-state index contributed by atoms with van der Waals surface area (Å²) in [5.41, 5.74) is 3.21. The second-order valence-corrected chi connectivity index (χ2v) is 5.79. The number of aryl methyl sites for hydroxylation is 1.